The van der Waals surface area contributed by atoms with Gasteiger partial charge in [-0.3, -0.25) is 9.10 Å². The van der Waals surface area contributed by atoms with Crippen LogP contribution >= 0.6 is 15.9 Å². The van der Waals surface area contributed by atoms with E-state index in [0.29, 0.717) is 21.6 Å². The average molecular weight is 557 g/mol. The van der Waals surface area contributed by atoms with Crippen LogP contribution < -0.4 is 14.4 Å². The largest absolute Gasteiger partial charge is 0.495 e. The molecule has 6 nitrogen and oxygen atoms in total. The predicted octanol–water partition coefficient (Wildman–Crippen LogP) is 5.62. The lowest BCUT2D eigenvalue weighted by Crippen LogP contribution is -2.38. The highest BCUT2D eigenvalue weighted by Crippen LogP contribution is 2.35. The summed E-state index contributed by atoms with van der Waals surface area (Å²) in [6, 6.07) is 14.7. The van der Waals surface area contributed by atoms with E-state index in [4.69, 9.17) is 4.74 Å². The third-order valence-electron chi connectivity index (χ3n) is 4.76. The van der Waals surface area contributed by atoms with Crippen molar-refractivity contribution in [1.82, 2.24) is 0 Å². The number of methoxy groups -OCH3 is 1. The second kappa shape index (κ2) is 10.1. The molecule has 3 aromatic rings. The summed E-state index contributed by atoms with van der Waals surface area (Å²) in [5.41, 5.74) is -0.385. The van der Waals surface area contributed by atoms with E-state index in [9.17, 15) is 26.4 Å². The standard InChI is InChI=1S/C23H20BrF3N2O4S/c1-15-6-11-20(33-2)21(12-15)34(31,32)29(19-5-3-4-16(13-19)23(25,26)27)14-22(30)28-18-9-7-17(24)8-10-18/h3-13H,14H2,1-2H3,(H,28,30). The third kappa shape index (κ3) is 5.89. The van der Waals surface area contributed by atoms with Crippen LogP contribution in [0.15, 0.2) is 76.1 Å². The fraction of sp³-hybridized carbons (Fsp3) is 0.174. The molecule has 180 valence electrons. The van der Waals surface area contributed by atoms with Crippen LogP contribution in [0.4, 0.5) is 24.5 Å². The Morgan fingerprint density at radius 2 is 1.74 bits per heavy atom. The fourth-order valence-electron chi connectivity index (χ4n) is 3.12. The van der Waals surface area contributed by atoms with E-state index in [1.165, 1.54) is 25.3 Å². The van der Waals surface area contributed by atoms with Crippen LogP contribution in [0.2, 0.25) is 0 Å². The molecule has 1 amide bonds. The zero-order valence-electron chi connectivity index (χ0n) is 18.1. The number of halogens is 4. The van der Waals surface area contributed by atoms with Gasteiger partial charge in [0.2, 0.25) is 5.91 Å². The number of sulfonamides is 1. The highest BCUT2D eigenvalue weighted by Gasteiger charge is 2.34. The van der Waals surface area contributed by atoms with Gasteiger partial charge in [-0.05, 0) is 67.1 Å². The highest BCUT2D eigenvalue weighted by atomic mass is 79.9. The van der Waals surface area contributed by atoms with Crippen LogP contribution in [0.3, 0.4) is 0 Å². The van der Waals surface area contributed by atoms with Crippen molar-refractivity contribution in [2.45, 2.75) is 18.0 Å². The monoisotopic (exact) mass is 556 g/mol. The molecular weight excluding hydrogens is 537 g/mol. The minimum absolute atomic E-state index is 0.00380. The number of ether oxygens (including phenoxy) is 1. The lowest BCUT2D eigenvalue weighted by Gasteiger charge is -2.26. The molecule has 0 heterocycles. The van der Waals surface area contributed by atoms with Gasteiger partial charge in [0.1, 0.15) is 17.2 Å². The lowest BCUT2D eigenvalue weighted by atomic mass is 10.2. The number of hydrogen-bond acceptors (Lipinski definition) is 4. The third-order valence-corrected chi connectivity index (χ3v) is 7.09. The number of aryl methyl sites for hydroxylation is 1. The Hall–Kier alpha value is -3.05. The van der Waals surface area contributed by atoms with Gasteiger partial charge < -0.3 is 10.1 Å². The summed E-state index contributed by atoms with van der Waals surface area (Å²) in [5, 5.41) is 2.56. The first kappa shape index (κ1) is 25.6. The summed E-state index contributed by atoms with van der Waals surface area (Å²) in [5.74, 6) is -0.745. The Labute approximate surface area is 203 Å². The van der Waals surface area contributed by atoms with Gasteiger partial charge in [0.15, 0.2) is 0 Å². The van der Waals surface area contributed by atoms with E-state index in [1.54, 1.807) is 37.3 Å². The number of anilines is 2. The molecule has 34 heavy (non-hydrogen) atoms. The molecule has 11 heteroatoms. The molecule has 0 aromatic heterocycles. The quantitative estimate of drug-likeness (QED) is 0.410. The summed E-state index contributed by atoms with van der Waals surface area (Å²) in [6.45, 7) is 0.893. The average Bonchev–Trinajstić information content (AvgIpc) is 2.78. The second-order valence-electron chi connectivity index (χ2n) is 7.27. The summed E-state index contributed by atoms with van der Waals surface area (Å²) in [6.07, 6.45) is -4.70. The molecule has 0 fully saturated rings. The lowest BCUT2D eigenvalue weighted by molar-refractivity contribution is -0.137. The van der Waals surface area contributed by atoms with Crippen LogP contribution in [0.5, 0.6) is 5.75 Å². The van der Waals surface area contributed by atoms with E-state index < -0.39 is 34.2 Å². The van der Waals surface area contributed by atoms with Crippen molar-refractivity contribution in [2.24, 2.45) is 0 Å². The van der Waals surface area contributed by atoms with Crippen molar-refractivity contribution in [2.75, 3.05) is 23.3 Å². The van der Waals surface area contributed by atoms with Gasteiger partial charge in [0.05, 0.1) is 18.4 Å². The molecule has 0 spiro atoms. The minimum atomic E-state index is -4.70. The smallest absolute Gasteiger partial charge is 0.416 e. The molecule has 0 radical (unpaired) electrons. The van der Waals surface area contributed by atoms with Gasteiger partial charge in [-0.15, -0.1) is 0 Å². The maximum absolute atomic E-state index is 13.6. The van der Waals surface area contributed by atoms with E-state index >= 15 is 0 Å². The molecule has 0 atom stereocenters. The predicted molar refractivity (Wildman–Crippen MR) is 126 cm³/mol. The van der Waals surface area contributed by atoms with Crippen LogP contribution in [-0.4, -0.2) is 28.0 Å². The summed E-state index contributed by atoms with van der Waals surface area (Å²) in [7, 11) is -3.23. The van der Waals surface area contributed by atoms with Gasteiger partial charge in [-0.25, -0.2) is 8.42 Å². The van der Waals surface area contributed by atoms with E-state index in [2.05, 4.69) is 21.2 Å². The topological polar surface area (TPSA) is 75.7 Å². The van der Waals surface area contributed by atoms with Crippen molar-refractivity contribution in [3.8, 4) is 5.75 Å². The normalized spacial score (nSPS) is 11.7. The van der Waals surface area contributed by atoms with Gasteiger partial charge >= 0.3 is 6.18 Å². The van der Waals surface area contributed by atoms with Gasteiger partial charge in [-0.2, -0.15) is 13.2 Å². The SMILES string of the molecule is COc1ccc(C)cc1S(=O)(=O)N(CC(=O)Nc1ccc(Br)cc1)c1cccc(C(F)(F)F)c1. The highest BCUT2D eigenvalue weighted by molar-refractivity contribution is 9.10. The molecule has 0 unspecified atom stereocenters. The van der Waals surface area contributed by atoms with E-state index in [0.717, 1.165) is 16.6 Å². The van der Waals surface area contributed by atoms with Crippen LogP contribution in [0.1, 0.15) is 11.1 Å². The number of benzene rings is 3. The number of rotatable bonds is 7. The number of carbonyl (C=O) groups is 1. The van der Waals surface area contributed by atoms with Crippen molar-refractivity contribution in [3.05, 3.63) is 82.3 Å². The van der Waals surface area contributed by atoms with Crippen LogP contribution in [0, 0.1) is 6.92 Å². The van der Waals surface area contributed by atoms with Crippen molar-refractivity contribution >= 4 is 43.2 Å². The minimum Gasteiger partial charge on any atom is -0.495 e. The maximum Gasteiger partial charge on any atom is 0.416 e. The number of nitrogens with zero attached hydrogens (tertiary/aromatic N) is 1. The first-order valence-electron chi connectivity index (χ1n) is 9.82. The molecule has 0 saturated heterocycles. The first-order chi connectivity index (χ1) is 15.9. The van der Waals surface area contributed by atoms with Crippen molar-refractivity contribution < 1.29 is 31.1 Å². The second-order valence-corrected chi connectivity index (χ2v) is 10.0. The molecule has 0 saturated carbocycles. The Morgan fingerprint density at radius 3 is 2.35 bits per heavy atom. The molecule has 0 bridgehead atoms. The Bertz CT molecular complexity index is 1300. The van der Waals surface area contributed by atoms with Gasteiger partial charge in [-0.1, -0.05) is 28.1 Å². The zero-order chi connectivity index (χ0) is 25.1. The van der Waals surface area contributed by atoms with Crippen LogP contribution in [0.25, 0.3) is 0 Å². The fourth-order valence-corrected chi connectivity index (χ4v) is 5.04. The Kier molecular flexibility index (Phi) is 7.57. The van der Waals surface area contributed by atoms with E-state index in [1.807, 2.05) is 0 Å². The number of nitrogens with one attached hydrogen (secondary N) is 1. The Morgan fingerprint density at radius 1 is 1.06 bits per heavy atom. The zero-order valence-corrected chi connectivity index (χ0v) is 20.5. The number of hydrogen-bond donors (Lipinski definition) is 1. The number of carbonyl (C=O) groups excluding carboxylic acids is 1. The molecule has 1 N–H and O–H groups in total. The molecule has 0 aliphatic rings. The van der Waals surface area contributed by atoms with E-state index in [-0.39, 0.29) is 16.3 Å². The molecular formula is C23H20BrF3N2O4S. The van der Waals surface area contributed by atoms with Crippen molar-refractivity contribution in [3.63, 3.8) is 0 Å². The molecule has 3 rings (SSSR count). The summed E-state index contributed by atoms with van der Waals surface area (Å²) in [4.78, 5) is 12.5. The Balaban J connectivity index is 2.08. The summed E-state index contributed by atoms with van der Waals surface area (Å²) >= 11 is 3.27. The maximum atomic E-state index is 13.6. The van der Waals surface area contributed by atoms with Crippen molar-refractivity contribution in [1.29, 1.82) is 0 Å². The first-order valence-corrected chi connectivity index (χ1v) is 12.0. The molecule has 3 aromatic carbocycles. The molecule has 0 aliphatic heterocycles. The summed E-state index contributed by atoms with van der Waals surface area (Å²) < 4.78 is 73.8. The number of amides is 1. The number of alkyl halides is 3. The van der Waals surface area contributed by atoms with Gasteiger partial charge in [0.25, 0.3) is 10.0 Å². The van der Waals surface area contributed by atoms with Crippen LogP contribution in [-0.2, 0) is 21.0 Å². The molecule has 0 aliphatic carbocycles. The van der Waals surface area contributed by atoms with Gasteiger partial charge in [0, 0.05) is 10.2 Å².